The zero-order chi connectivity index (χ0) is 18.4. The van der Waals surface area contributed by atoms with Crippen LogP contribution >= 0.6 is 11.8 Å². The van der Waals surface area contributed by atoms with Gasteiger partial charge in [0.1, 0.15) is 12.3 Å². The molecule has 2 aliphatic heterocycles. The minimum atomic E-state index is -1.05. The van der Waals surface area contributed by atoms with Crippen LogP contribution in [0.25, 0.3) is 0 Å². The lowest BCUT2D eigenvalue weighted by molar-refractivity contribution is -0.123. The third-order valence-electron chi connectivity index (χ3n) is 4.77. The average Bonchev–Trinajstić information content (AvgIpc) is 3.24. The molecule has 2 heterocycles. The number of nitrogens with one attached hydrogen (secondary N) is 1. The molecule has 3 aliphatic rings. The number of cyclic esters (lactones) is 1. The third kappa shape index (κ3) is 3.11. The Hall–Kier alpha value is -2.29. The molecule has 26 heavy (non-hydrogen) atoms. The monoisotopic (exact) mass is 379 g/mol. The van der Waals surface area contributed by atoms with E-state index in [2.05, 4.69) is 5.32 Å². The molecule has 1 saturated carbocycles. The lowest BCUT2D eigenvalue weighted by Crippen LogP contribution is -2.35. The number of hydrogen-bond acceptors (Lipinski definition) is 5. The third-order valence-corrected chi connectivity index (χ3v) is 5.80. The van der Waals surface area contributed by atoms with Crippen LogP contribution in [0.15, 0.2) is 23.1 Å². The molecular formula is C17H18FN3O4S. The Bertz CT molecular complexity index is 789. The summed E-state index contributed by atoms with van der Waals surface area (Å²) in [5.74, 6) is -0.480. The molecule has 1 aromatic carbocycles. The minimum Gasteiger partial charge on any atom is -0.442 e. The van der Waals surface area contributed by atoms with Crippen LogP contribution in [0, 0.1) is 5.92 Å². The largest absolute Gasteiger partial charge is 0.442 e. The fraction of sp³-hybridized carbons (Fsp3) is 0.471. The molecule has 138 valence electrons. The summed E-state index contributed by atoms with van der Waals surface area (Å²) in [6, 6.07) is 5.45. The fourth-order valence-electron chi connectivity index (χ4n) is 3.05. The average molecular weight is 379 g/mol. The first-order valence-electron chi connectivity index (χ1n) is 8.37. The Kier molecular flexibility index (Phi) is 4.26. The first-order valence-corrected chi connectivity index (χ1v) is 9.36. The van der Waals surface area contributed by atoms with E-state index >= 15 is 0 Å². The van der Waals surface area contributed by atoms with Crippen LogP contribution in [0.5, 0.6) is 0 Å². The molecule has 7 nitrogen and oxygen atoms in total. The van der Waals surface area contributed by atoms with Gasteiger partial charge in [0, 0.05) is 17.6 Å². The number of ether oxygens (including phenoxy) is 1. The summed E-state index contributed by atoms with van der Waals surface area (Å²) in [5.41, 5.74) is 1.50. The first-order chi connectivity index (χ1) is 12.4. The highest BCUT2D eigenvalue weighted by Crippen LogP contribution is 2.38. The van der Waals surface area contributed by atoms with Crippen molar-refractivity contribution in [2.45, 2.75) is 23.6 Å². The Balaban J connectivity index is 1.41. The Morgan fingerprint density at radius 3 is 2.92 bits per heavy atom. The van der Waals surface area contributed by atoms with Crippen LogP contribution in [0.3, 0.4) is 0 Å². The van der Waals surface area contributed by atoms with Gasteiger partial charge in [-0.15, -0.1) is 11.8 Å². The number of anilines is 2. The Morgan fingerprint density at radius 2 is 2.19 bits per heavy atom. The molecule has 0 radical (unpaired) electrons. The van der Waals surface area contributed by atoms with Crippen LogP contribution in [0.2, 0.25) is 0 Å². The van der Waals surface area contributed by atoms with Gasteiger partial charge >= 0.3 is 6.09 Å². The molecule has 0 spiro atoms. The summed E-state index contributed by atoms with van der Waals surface area (Å²) >= 11 is 1.44. The van der Waals surface area contributed by atoms with Gasteiger partial charge in [0.2, 0.25) is 11.8 Å². The molecule has 2 fully saturated rings. The molecular weight excluding hydrogens is 361 g/mol. The summed E-state index contributed by atoms with van der Waals surface area (Å²) in [6.45, 7) is 0.474. The predicted octanol–water partition coefficient (Wildman–Crippen LogP) is 1.55. The summed E-state index contributed by atoms with van der Waals surface area (Å²) in [6.07, 6.45) is -1.73. The van der Waals surface area contributed by atoms with Crippen LogP contribution in [0.1, 0.15) is 6.42 Å². The summed E-state index contributed by atoms with van der Waals surface area (Å²) < 4.78 is 18.2. The van der Waals surface area contributed by atoms with Gasteiger partial charge in [0.25, 0.3) is 0 Å². The van der Waals surface area contributed by atoms with Crippen molar-refractivity contribution in [3.05, 3.63) is 18.2 Å². The van der Waals surface area contributed by atoms with Gasteiger partial charge in [-0.3, -0.25) is 14.5 Å². The zero-order valence-electron chi connectivity index (χ0n) is 14.1. The van der Waals surface area contributed by atoms with E-state index < -0.39 is 24.3 Å². The van der Waals surface area contributed by atoms with E-state index in [0.29, 0.717) is 18.0 Å². The smallest absolute Gasteiger partial charge is 0.414 e. The lowest BCUT2D eigenvalue weighted by Gasteiger charge is -2.26. The molecule has 1 saturated heterocycles. The molecule has 0 bridgehead atoms. The van der Waals surface area contributed by atoms with E-state index in [4.69, 9.17) is 4.74 Å². The highest BCUT2D eigenvalue weighted by molar-refractivity contribution is 8.00. The molecule has 0 unspecified atom stereocenters. The van der Waals surface area contributed by atoms with Crippen molar-refractivity contribution in [1.82, 2.24) is 5.32 Å². The second-order valence-corrected chi connectivity index (χ2v) is 7.63. The second kappa shape index (κ2) is 6.46. The van der Waals surface area contributed by atoms with Gasteiger partial charge in [0.15, 0.2) is 0 Å². The van der Waals surface area contributed by atoms with E-state index in [1.54, 1.807) is 18.0 Å². The van der Waals surface area contributed by atoms with Crippen molar-refractivity contribution in [2.24, 2.45) is 5.92 Å². The normalized spacial score (nSPS) is 27.2. The van der Waals surface area contributed by atoms with Gasteiger partial charge in [0.05, 0.1) is 30.4 Å². The second-order valence-electron chi connectivity index (χ2n) is 6.61. The number of benzene rings is 1. The van der Waals surface area contributed by atoms with Gasteiger partial charge < -0.3 is 15.0 Å². The maximum Gasteiger partial charge on any atom is 0.414 e. The van der Waals surface area contributed by atoms with Crippen LogP contribution in [-0.2, 0) is 14.3 Å². The Labute approximate surface area is 153 Å². The topological polar surface area (TPSA) is 79.0 Å². The number of amides is 3. The number of thioether (sulfide) groups is 1. The summed E-state index contributed by atoms with van der Waals surface area (Å²) in [5, 5.41) is 2.64. The van der Waals surface area contributed by atoms with Gasteiger partial charge in [-0.25, -0.2) is 9.18 Å². The fourth-order valence-corrected chi connectivity index (χ4v) is 4.08. The van der Waals surface area contributed by atoms with E-state index in [0.717, 1.165) is 10.6 Å². The number of carbonyl (C=O) groups is 3. The number of halogens is 1. The quantitative estimate of drug-likeness (QED) is 0.859. The molecule has 3 atom stereocenters. The van der Waals surface area contributed by atoms with Gasteiger partial charge in [-0.2, -0.15) is 0 Å². The van der Waals surface area contributed by atoms with Crippen LogP contribution < -0.4 is 15.1 Å². The summed E-state index contributed by atoms with van der Waals surface area (Å²) in [7, 11) is 1.73. The van der Waals surface area contributed by atoms with Crippen LogP contribution in [0.4, 0.5) is 20.6 Å². The van der Waals surface area contributed by atoms with E-state index in [9.17, 15) is 18.8 Å². The first kappa shape index (κ1) is 17.1. The van der Waals surface area contributed by atoms with Crippen molar-refractivity contribution in [2.75, 3.05) is 35.7 Å². The lowest BCUT2D eigenvalue weighted by atomic mass is 10.2. The molecule has 9 heteroatoms. The predicted molar refractivity (Wildman–Crippen MR) is 94.2 cm³/mol. The van der Waals surface area contributed by atoms with Gasteiger partial charge in [-0.1, -0.05) is 0 Å². The SMILES string of the molecule is CN1C(=O)CSc2cc(N3C[C@H](CNC(=O)[C@H]4C[C@@H]4F)OC3=O)ccc21. The maximum atomic E-state index is 12.9. The van der Waals surface area contributed by atoms with Crippen molar-refractivity contribution in [3.63, 3.8) is 0 Å². The molecule has 4 rings (SSSR count). The van der Waals surface area contributed by atoms with Crippen LogP contribution in [-0.4, -0.2) is 56.1 Å². The molecule has 0 aromatic heterocycles. The van der Waals surface area contributed by atoms with E-state index in [-0.39, 0.29) is 24.8 Å². The standard InChI is InChI=1S/C17H18FN3O4S/c1-20-13-3-2-9(4-14(13)26-8-15(20)22)21-7-10(25-17(21)24)6-19-16(23)11-5-12(11)18/h2-4,10-12H,5-8H2,1H3,(H,19,23)/t10-,11-,12-/m0/s1. The molecule has 3 amide bonds. The molecule has 1 N–H and O–H groups in total. The number of hydrogen-bond donors (Lipinski definition) is 1. The summed E-state index contributed by atoms with van der Waals surface area (Å²) in [4.78, 5) is 39.6. The molecule has 1 aromatic rings. The highest BCUT2D eigenvalue weighted by Gasteiger charge is 2.44. The van der Waals surface area contributed by atoms with E-state index in [1.165, 1.54) is 16.7 Å². The minimum absolute atomic E-state index is 0.0396. The Morgan fingerprint density at radius 1 is 1.42 bits per heavy atom. The van der Waals surface area contributed by atoms with Crippen molar-refractivity contribution in [1.29, 1.82) is 0 Å². The number of fused-ring (bicyclic) bond motifs is 1. The number of nitrogens with zero attached hydrogens (tertiary/aromatic N) is 2. The van der Waals surface area contributed by atoms with Crippen molar-refractivity contribution >= 4 is 41.0 Å². The van der Waals surface area contributed by atoms with Gasteiger partial charge in [-0.05, 0) is 24.6 Å². The zero-order valence-corrected chi connectivity index (χ0v) is 14.9. The number of rotatable bonds is 4. The van der Waals surface area contributed by atoms with Crippen molar-refractivity contribution < 1.29 is 23.5 Å². The van der Waals surface area contributed by atoms with Crippen molar-refractivity contribution in [3.8, 4) is 0 Å². The highest BCUT2D eigenvalue weighted by atomic mass is 32.2. The number of carbonyl (C=O) groups excluding carboxylic acids is 3. The number of alkyl halides is 1. The van der Waals surface area contributed by atoms with E-state index in [1.807, 2.05) is 12.1 Å². The maximum absolute atomic E-state index is 12.9. The molecule has 1 aliphatic carbocycles.